The minimum Gasteiger partial charge on any atom is -0.464 e. The lowest BCUT2D eigenvalue weighted by atomic mass is 9.98. The highest BCUT2D eigenvalue weighted by Gasteiger charge is 2.33. The van der Waals surface area contributed by atoms with Gasteiger partial charge in [-0.15, -0.1) is 0 Å². The summed E-state index contributed by atoms with van der Waals surface area (Å²) in [6.07, 6.45) is 3.86. The number of carbonyl (C=O) groups excluding carboxylic acids is 2. The predicted molar refractivity (Wildman–Crippen MR) is 100.0 cm³/mol. The predicted octanol–water partition coefficient (Wildman–Crippen LogP) is 2.95. The molecule has 0 fully saturated rings. The van der Waals surface area contributed by atoms with Gasteiger partial charge in [0.25, 0.3) is 0 Å². The average molecular weight is 468 g/mol. The molecule has 1 atom stereocenters. The molecule has 0 bridgehead atoms. The fraction of sp³-hybridized carbons (Fsp3) is 0.625. The van der Waals surface area contributed by atoms with Crippen LogP contribution in [-0.2, 0) is 9.53 Å². The molecule has 0 spiro atoms. The molecule has 0 heterocycles. The van der Waals surface area contributed by atoms with Crippen molar-refractivity contribution in [2.75, 3.05) is 6.61 Å². The van der Waals surface area contributed by atoms with E-state index in [-0.39, 0.29) is 12.5 Å². The van der Waals surface area contributed by atoms with Crippen molar-refractivity contribution in [3.05, 3.63) is 21.1 Å². The van der Waals surface area contributed by atoms with E-state index in [2.05, 4.69) is 42.5 Å². The van der Waals surface area contributed by atoms with Crippen LogP contribution in [0.25, 0.3) is 0 Å². The van der Waals surface area contributed by atoms with Gasteiger partial charge < -0.3 is 20.5 Å². The Bertz CT molecular complexity index is 522. The zero-order chi connectivity index (χ0) is 18.5. The van der Waals surface area contributed by atoms with Crippen molar-refractivity contribution in [1.29, 1.82) is 0 Å². The summed E-state index contributed by atoms with van der Waals surface area (Å²) in [6, 6.07) is -1.60. The van der Waals surface area contributed by atoms with Gasteiger partial charge in [-0.1, -0.05) is 45.7 Å². The smallest absolute Gasteiger partial charge is 0.328 e. The third-order valence-electron chi connectivity index (χ3n) is 3.46. The van der Waals surface area contributed by atoms with Crippen LogP contribution in [-0.4, -0.2) is 41.4 Å². The highest BCUT2D eigenvalue weighted by Crippen LogP contribution is 2.37. The molecule has 1 unspecified atom stereocenters. The molecule has 3 N–H and O–H groups in total. The lowest BCUT2D eigenvalue weighted by Gasteiger charge is -2.29. The van der Waals surface area contributed by atoms with Gasteiger partial charge in [-0.2, -0.15) is 0 Å². The van der Waals surface area contributed by atoms with Gasteiger partial charge in [0.05, 0.1) is 12.6 Å². The summed E-state index contributed by atoms with van der Waals surface area (Å²) < 4.78 is 6.08. The van der Waals surface area contributed by atoms with E-state index in [0.29, 0.717) is 15.4 Å². The van der Waals surface area contributed by atoms with Gasteiger partial charge in [-0.05, 0) is 38.3 Å². The van der Waals surface area contributed by atoms with E-state index in [9.17, 15) is 14.7 Å². The van der Waals surface area contributed by atoms with Crippen molar-refractivity contribution in [2.24, 2.45) is 5.92 Å². The van der Waals surface area contributed by atoms with Crippen LogP contribution in [0.2, 0.25) is 0 Å². The number of aliphatic hydroxyl groups is 1. The Kier molecular flexibility index (Phi) is 7.95. The minimum absolute atomic E-state index is 0.229. The molecule has 1 aliphatic carbocycles. The first-order valence-electron chi connectivity index (χ1n) is 7.79. The van der Waals surface area contributed by atoms with Crippen LogP contribution in [0, 0.1) is 5.92 Å². The number of amides is 2. The number of carbonyl (C=O) groups is 2. The highest BCUT2D eigenvalue weighted by atomic mass is 79.9. The highest BCUT2D eigenvalue weighted by molar-refractivity contribution is 9.12. The van der Waals surface area contributed by atoms with Crippen molar-refractivity contribution in [2.45, 2.75) is 51.8 Å². The second-order valence-corrected chi connectivity index (χ2v) is 7.89. The second-order valence-electron chi connectivity index (χ2n) is 6.18. The van der Waals surface area contributed by atoms with Crippen LogP contribution in [0.3, 0.4) is 0 Å². The molecular formula is C16H24Br2N2O4. The number of urea groups is 1. The lowest BCUT2D eigenvalue weighted by molar-refractivity contribution is -0.145. The standard InChI is InChI=1S/C16H24Br2N2O4/c1-5-24-14(21)11(6-9(2)3)20-15(22)19-10-7-12(17)16(4,23)13(18)8-10/h7-11,23H,5-6H2,1-4H3,(H2,19,20,22). The maximum Gasteiger partial charge on any atom is 0.328 e. The SMILES string of the molecule is CCOC(=O)C(CC(C)C)NC(=O)NC1C=C(Br)C(C)(O)C(Br)=C1. The van der Waals surface area contributed by atoms with Gasteiger partial charge >= 0.3 is 12.0 Å². The van der Waals surface area contributed by atoms with E-state index in [1.807, 2.05) is 13.8 Å². The molecular weight excluding hydrogens is 444 g/mol. The quantitative estimate of drug-likeness (QED) is 0.524. The van der Waals surface area contributed by atoms with Crippen molar-refractivity contribution in [3.8, 4) is 0 Å². The van der Waals surface area contributed by atoms with E-state index < -0.39 is 29.7 Å². The number of esters is 1. The van der Waals surface area contributed by atoms with E-state index in [1.54, 1.807) is 26.0 Å². The van der Waals surface area contributed by atoms with Crippen molar-refractivity contribution in [1.82, 2.24) is 10.6 Å². The normalized spacial score (nSPS) is 24.8. The van der Waals surface area contributed by atoms with E-state index in [0.717, 1.165) is 0 Å². The fourth-order valence-electron chi connectivity index (χ4n) is 2.16. The van der Waals surface area contributed by atoms with Crippen LogP contribution in [0.15, 0.2) is 21.1 Å². The number of rotatable bonds is 6. The maximum absolute atomic E-state index is 12.2. The van der Waals surface area contributed by atoms with E-state index in [4.69, 9.17) is 4.74 Å². The number of ether oxygens (including phenoxy) is 1. The first-order chi connectivity index (χ1) is 11.1. The summed E-state index contributed by atoms with van der Waals surface area (Å²) >= 11 is 6.60. The Morgan fingerprint density at radius 1 is 1.33 bits per heavy atom. The van der Waals surface area contributed by atoms with Crippen molar-refractivity contribution in [3.63, 3.8) is 0 Å². The molecule has 24 heavy (non-hydrogen) atoms. The first-order valence-corrected chi connectivity index (χ1v) is 9.38. The Balaban J connectivity index is 2.73. The van der Waals surface area contributed by atoms with Crippen LogP contribution in [0.1, 0.15) is 34.1 Å². The summed E-state index contributed by atoms with van der Waals surface area (Å²) in [5.41, 5.74) is -1.15. The third-order valence-corrected chi connectivity index (χ3v) is 5.54. The van der Waals surface area contributed by atoms with Crippen LogP contribution in [0.5, 0.6) is 0 Å². The summed E-state index contributed by atoms with van der Waals surface area (Å²) in [7, 11) is 0. The van der Waals surface area contributed by atoms with E-state index in [1.165, 1.54) is 0 Å². The Hall–Kier alpha value is -0.860. The van der Waals surface area contributed by atoms with Crippen LogP contribution < -0.4 is 10.6 Å². The topological polar surface area (TPSA) is 87.7 Å². The monoisotopic (exact) mass is 466 g/mol. The molecule has 0 saturated carbocycles. The summed E-state index contributed by atoms with van der Waals surface area (Å²) in [5.74, 6) is -0.214. The third kappa shape index (κ3) is 5.89. The summed E-state index contributed by atoms with van der Waals surface area (Å²) in [4.78, 5) is 24.2. The molecule has 0 saturated heterocycles. The average Bonchev–Trinajstić information content (AvgIpc) is 2.44. The molecule has 2 amide bonds. The molecule has 1 rings (SSSR count). The zero-order valence-electron chi connectivity index (χ0n) is 14.2. The first kappa shape index (κ1) is 21.2. The van der Waals surface area contributed by atoms with Crippen LogP contribution in [0.4, 0.5) is 4.79 Å². The van der Waals surface area contributed by atoms with Crippen molar-refractivity contribution >= 4 is 43.9 Å². The molecule has 0 radical (unpaired) electrons. The summed E-state index contributed by atoms with van der Waals surface area (Å²) in [6.45, 7) is 7.55. The zero-order valence-corrected chi connectivity index (χ0v) is 17.4. The fourth-order valence-corrected chi connectivity index (χ4v) is 3.43. The molecule has 0 aromatic rings. The van der Waals surface area contributed by atoms with Gasteiger partial charge in [0.1, 0.15) is 11.6 Å². The van der Waals surface area contributed by atoms with Gasteiger partial charge in [0.15, 0.2) is 0 Å². The van der Waals surface area contributed by atoms with E-state index >= 15 is 0 Å². The van der Waals surface area contributed by atoms with Crippen LogP contribution >= 0.6 is 31.9 Å². The molecule has 0 aromatic heterocycles. The lowest BCUT2D eigenvalue weighted by Crippen LogP contribution is -2.50. The second kappa shape index (κ2) is 9.01. The maximum atomic E-state index is 12.2. The number of nitrogens with one attached hydrogen (secondary N) is 2. The Morgan fingerprint density at radius 3 is 2.33 bits per heavy atom. The Morgan fingerprint density at radius 2 is 1.88 bits per heavy atom. The van der Waals surface area contributed by atoms with Gasteiger partial charge in [-0.25, -0.2) is 9.59 Å². The molecule has 0 aromatic carbocycles. The number of hydrogen-bond donors (Lipinski definition) is 3. The van der Waals surface area contributed by atoms with Crippen molar-refractivity contribution < 1.29 is 19.4 Å². The number of hydrogen-bond acceptors (Lipinski definition) is 4. The van der Waals surface area contributed by atoms with Gasteiger partial charge in [-0.3, -0.25) is 0 Å². The molecule has 8 heteroatoms. The molecule has 136 valence electrons. The van der Waals surface area contributed by atoms with Gasteiger partial charge in [0, 0.05) is 8.96 Å². The minimum atomic E-state index is -1.15. The summed E-state index contributed by atoms with van der Waals surface area (Å²) in [5, 5.41) is 15.6. The number of halogens is 2. The molecule has 1 aliphatic rings. The largest absolute Gasteiger partial charge is 0.464 e. The van der Waals surface area contributed by atoms with Gasteiger partial charge in [0.2, 0.25) is 0 Å². The molecule has 0 aliphatic heterocycles. The Labute approximate surface area is 159 Å². The molecule has 6 nitrogen and oxygen atoms in total.